The van der Waals surface area contributed by atoms with Gasteiger partial charge in [0.25, 0.3) is 0 Å². The first kappa shape index (κ1) is 83.0. The Balaban J connectivity index is 1.19. The molecule has 19 N–H and O–H groups in total. The van der Waals surface area contributed by atoms with Crippen LogP contribution in [0.3, 0.4) is 0 Å². The average molecular weight is 1460 g/mol. The summed E-state index contributed by atoms with van der Waals surface area (Å²) in [5, 5.41) is 68.7. The first-order valence-corrected chi connectivity index (χ1v) is 34.2. The number of carbonyl (C=O) groups is 13. The van der Waals surface area contributed by atoms with Crippen LogP contribution in [0, 0.1) is 0 Å². The maximum absolute atomic E-state index is 14.6. The number of aliphatic carboxylic acids is 3. The summed E-state index contributed by atoms with van der Waals surface area (Å²) in [6.45, 7) is 1.65. The van der Waals surface area contributed by atoms with E-state index in [0.717, 1.165) is 17.0 Å². The molecular formula is C66H95N19O17S. The summed E-state index contributed by atoms with van der Waals surface area (Å²) in [7, 11) is 0. The molecule has 4 aromatic rings. The second-order valence-corrected chi connectivity index (χ2v) is 25.0. The van der Waals surface area contributed by atoms with E-state index in [2.05, 4.69) is 78.4 Å². The number of thiocarbonyl (C=S) groups is 1. The minimum absolute atomic E-state index is 0.00406. The number of H-pyrrole nitrogens is 2. The first-order chi connectivity index (χ1) is 49.3. The Hall–Kier alpha value is -10.7. The molecule has 1 aliphatic heterocycles. The van der Waals surface area contributed by atoms with Crippen LogP contribution in [0.15, 0.2) is 73.6 Å². The van der Waals surface area contributed by atoms with Crippen molar-refractivity contribution in [3.63, 3.8) is 0 Å². The predicted molar refractivity (Wildman–Crippen MR) is 376 cm³/mol. The fourth-order valence-corrected chi connectivity index (χ4v) is 11.0. The van der Waals surface area contributed by atoms with Crippen molar-refractivity contribution < 1.29 is 82.8 Å². The molecule has 0 bridgehead atoms. The lowest BCUT2D eigenvalue weighted by Crippen LogP contribution is -2.58. The van der Waals surface area contributed by atoms with Gasteiger partial charge in [0.1, 0.15) is 29.9 Å². The number of rotatable bonds is 45. The molecule has 562 valence electrons. The van der Waals surface area contributed by atoms with Crippen LogP contribution in [-0.2, 0) is 88.0 Å². The number of hydrogen-bond acceptors (Lipinski definition) is 20. The number of hydrogen-bond donors (Lipinski definition) is 18. The van der Waals surface area contributed by atoms with Gasteiger partial charge in [0.2, 0.25) is 59.1 Å². The molecule has 2 aromatic heterocycles. The van der Waals surface area contributed by atoms with Gasteiger partial charge in [-0.25, -0.2) is 9.97 Å². The Morgan fingerprint density at radius 1 is 0.534 bits per heavy atom. The van der Waals surface area contributed by atoms with E-state index in [1.807, 2.05) is 0 Å². The standard InChI is InChI=1S/C66H95N19O17S/c1-42(78-66(103)79-45-12-8-43(9-13-45)30-48-36-84(38-60(95)96)27-26-83(37-59(93)94)28-29-85(48)39-61(97)98)63(100)81-51(7-3-5-23-71-58(92)35-75-56(90)19-17-54(88)73-25-21-47-33-69-41-77-47)64(101)82-52(31-44-10-14-49(86)15-11-44)65(102)80-50(62(67)99)6-2-4-22-70-57(91)34-74-55(89)18-16-53(87)72-24-20-46-32-68-40-76-46/h8-15,32-33,40-42,48,50-52,86H,2-7,16-31,34-39H2,1H3,(H2,67,99)(H,68,76)(H,69,77)(H,70,91)(H,71,92)(H,72,87)(H,73,88)(H,74,89)(H,75,90)(H,80,102)(H,81,100)(H,82,101)(H,93,94)(H,95,96)(H,97,98)(H2,78,79,103)/t42-,48?,50+,51+,52-/m1/s1. The van der Waals surface area contributed by atoms with Crippen molar-refractivity contribution in [2.45, 2.75) is 127 Å². The van der Waals surface area contributed by atoms with Crippen LogP contribution in [0.4, 0.5) is 5.69 Å². The average Bonchev–Trinajstić information content (AvgIpc) is 1.52. The molecule has 5 atom stereocenters. The van der Waals surface area contributed by atoms with E-state index in [4.69, 9.17) is 18.0 Å². The van der Waals surface area contributed by atoms with Gasteiger partial charge in [-0.1, -0.05) is 24.3 Å². The fraction of sp³-hybridized carbons (Fsp3) is 0.515. The molecular weight excluding hydrogens is 1360 g/mol. The third kappa shape index (κ3) is 34.5. The minimum atomic E-state index is -1.42. The van der Waals surface area contributed by atoms with E-state index in [9.17, 15) is 82.8 Å². The molecule has 1 fully saturated rings. The van der Waals surface area contributed by atoms with E-state index in [-0.39, 0.29) is 165 Å². The second kappa shape index (κ2) is 45.3. The van der Waals surface area contributed by atoms with Crippen molar-refractivity contribution in [3.05, 3.63) is 96.1 Å². The number of benzene rings is 2. The summed E-state index contributed by atoms with van der Waals surface area (Å²) in [6.07, 6.45) is 7.95. The predicted octanol–water partition coefficient (Wildman–Crippen LogP) is -3.14. The maximum Gasteiger partial charge on any atom is 0.317 e. The molecule has 0 radical (unpaired) electrons. The van der Waals surface area contributed by atoms with Crippen LogP contribution in [0.5, 0.6) is 5.75 Å². The lowest BCUT2D eigenvalue weighted by Gasteiger charge is -2.33. The number of nitrogens with zero attached hydrogens (tertiary/aromatic N) is 5. The molecule has 37 heteroatoms. The number of carbonyl (C=O) groups excluding carboxylic acids is 10. The van der Waals surface area contributed by atoms with Gasteiger partial charge >= 0.3 is 17.9 Å². The van der Waals surface area contributed by atoms with Crippen molar-refractivity contribution in [1.29, 1.82) is 0 Å². The van der Waals surface area contributed by atoms with Gasteiger partial charge in [-0.05, 0) is 99.5 Å². The highest BCUT2D eigenvalue weighted by Crippen LogP contribution is 2.18. The topological polar surface area (TPSA) is 528 Å². The molecule has 0 saturated carbocycles. The Labute approximate surface area is 599 Å². The number of carboxylic acid groups (broad SMARTS) is 3. The number of aromatic amines is 2. The van der Waals surface area contributed by atoms with Gasteiger partial charge in [-0.3, -0.25) is 77.0 Å². The van der Waals surface area contributed by atoms with Gasteiger partial charge in [0.05, 0.1) is 45.4 Å². The number of anilines is 1. The zero-order chi connectivity index (χ0) is 75.1. The summed E-state index contributed by atoms with van der Waals surface area (Å²) in [6, 6.07) is 7.03. The van der Waals surface area contributed by atoms with Crippen molar-refractivity contribution in [3.8, 4) is 5.75 Å². The Morgan fingerprint density at radius 2 is 0.990 bits per heavy atom. The number of aromatic hydroxyl groups is 1. The highest BCUT2D eigenvalue weighted by Gasteiger charge is 2.32. The van der Waals surface area contributed by atoms with Gasteiger partial charge in [-0.15, -0.1) is 0 Å². The number of carboxylic acids is 3. The van der Waals surface area contributed by atoms with Gasteiger partial charge in [-0.2, -0.15) is 0 Å². The number of unbranched alkanes of at least 4 members (excludes halogenated alkanes) is 2. The van der Waals surface area contributed by atoms with E-state index in [1.165, 1.54) is 43.8 Å². The number of imidazole rings is 2. The summed E-state index contributed by atoms with van der Waals surface area (Å²) in [5.74, 6) is -9.45. The normalized spacial score (nSPS) is 14.6. The molecule has 103 heavy (non-hydrogen) atoms. The van der Waals surface area contributed by atoms with Crippen molar-refractivity contribution >= 4 is 100.0 Å². The Morgan fingerprint density at radius 3 is 1.50 bits per heavy atom. The second-order valence-electron chi connectivity index (χ2n) is 24.6. The van der Waals surface area contributed by atoms with Crippen molar-refractivity contribution in [1.82, 2.24) is 87.8 Å². The zero-order valence-electron chi connectivity index (χ0n) is 57.4. The van der Waals surface area contributed by atoms with Crippen molar-refractivity contribution in [2.24, 2.45) is 5.73 Å². The fourth-order valence-electron chi connectivity index (χ4n) is 10.7. The van der Waals surface area contributed by atoms with E-state index in [0.29, 0.717) is 50.0 Å². The third-order valence-corrected chi connectivity index (χ3v) is 16.5. The molecule has 36 nitrogen and oxygen atoms in total. The zero-order valence-corrected chi connectivity index (χ0v) is 58.2. The van der Waals surface area contributed by atoms with Crippen LogP contribution in [0.2, 0.25) is 0 Å². The Kier molecular flexibility index (Phi) is 36.5. The number of amides is 10. The summed E-state index contributed by atoms with van der Waals surface area (Å²) in [5.41, 5.74) is 9.14. The quantitative estimate of drug-likeness (QED) is 0.0154. The largest absolute Gasteiger partial charge is 0.508 e. The number of aromatic nitrogens is 4. The molecule has 1 saturated heterocycles. The highest BCUT2D eigenvalue weighted by molar-refractivity contribution is 7.80. The van der Waals surface area contributed by atoms with Gasteiger partial charge in [0.15, 0.2) is 5.11 Å². The Bertz CT molecular complexity index is 3440. The summed E-state index contributed by atoms with van der Waals surface area (Å²) >= 11 is 5.60. The van der Waals surface area contributed by atoms with Gasteiger partial charge in [0, 0.05) is 139 Å². The van der Waals surface area contributed by atoms with E-state index in [1.54, 1.807) is 51.4 Å². The van der Waals surface area contributed by atoms with Gasteiger partial charge < -0.3 is 94.6 Å². The molecule has 3 heterocycles. The molecule has 0 aliphatic carbocycles. The smallest absolute Gasteiger partial charge is 0.317 e. The molecule has 2 aromatic carbocycles. The number of primary amides is 1. The van der Waals surface area contributed by atoms with Crippen LogP contribution < -0.4 is 64.2 Å². The van der Waals surface area contributed by atoms with E-state index >= 15 is 0 Å². The SMILES string of the molecule is C[C@@H](NC(=S)Nc1ccc(CC2CN(CC(=O)O)CCN(CC(=O)O)CCN2CC(=O)O)cc1)C(=O)N[C@@H](CCCCNC(=O)CNC(=O)CCC(=O)NCCc1cnc[nH]1)C(=O)N[C@H](Cc1ccc(O)cc1)C(=O)N[C@@H](CCCCNC(=O)CNC(=O)CCC(=O)NCCc1cnc[nH]1)C(N)=O. The van der Waals surface area contributed by atoms with Crippen LogP contribution in [0.1, 0.15) is 93.6 Å². The van der Waals surface area contributed by atoms with Crippen LogP contribution in [0.25, 0.3) is 0 Å². The molecule has 1 aliphatic rings. The monoisotopic (exact) mass is 1460 g/mol. The summed E-state index contributed by atoms with van der Waals surface area (Å²) in [4.78, 5) is 185. The number of nitrogens with one attached hydrogen (secondary N) is 13. The minimum Gasteiger partial charge on any atom is -0.508 e. The highest BCUT2D eigenvalue weighted by atomic mass is 32.1. The number of phenolic OH excluding ortho intramolecular Hbond substituents is 1. The third-order valence-electron chi connectivity index (χ3n) is 16.3. The summed E-state index contributed by atoms with van der Waals surface area (Å²) < 4.78 is 0. The van der Waals surface area contributed by atoms with Crippen molar-refractivity contribution in [2.75, 3.05) is 96.9 Å². The number of nitrogens with two attached hydrogens (primary N) is 1. The first-order valence-electron chi connectivity index (χ1n) is 33.8. The van der Waals surface area contributed by atoms with Crippen LogP contribution in [-0.4, -0.2) is 259 Å². The van der Waals surface area contributed by atoms with E-state index < -0.39 is 95.4 Å². The molecule has 1 unspecified atom stereocenters. The lowest BCUT2D eigenvalue weighted by atomic mass is 10.0. The number of phenols is 1. The van der Waals surface area contributed by atoms with Crippen LogP contribution >= 0.6 is 12.2 Å². The molecule has 10 amide bonds. The maximum atomic E-state index is 14.6. The molecule has 5 rings (SSSR count). The lowest BCUT2D eigenvalue weighted by molar-refractivity contribution is -0.140. The molecule has 0 spiro atoms.